The molecule has 0 aliphatic carbocycles. The van der Waals surface area contributed by atoms with Gasteiger partial charge in [0, 0.05) is 18.3 Å². The first-order valence-corrected chi connectivity index (χ1v) is 4.88. The SMILES string of the molecule is CC.Cc1ccc(NCCO)cc1O. The van der Waals surface area contributed by atoms with Crippen molar-refractivity contribution >= 4 is 5.69 Å². The molecular weight excluding hydrogens is 178 g/mol. The van der Waals surface area contributed by atoms with E-state index < -0.39 is 0 Å². The molecule has 0 heterocycles. The molecule has 80 valence electrons. The maximum absolute atomic E-state index is 9.30. The Morgan fingerprint density at radius 2 is 1.93 bits per heavy atom. The zero-order valence-electron chi connectivity index (χ0n) is 9.04. The number of benzene rings is 1. The lowest BCUT2D eigenvalue weighted by Gasteiger charge is -2.05. The molecule has 0 unspecified atom stereocenters. The van der Waals surface area contributed by atoms with Crippen molar-refractivity contribution < 1.29 is 10.2 Å². The van der Waals surface area contributed by atoms with Crippen LogP contribution in [0.2, 0.25) is 0 Å². The van der Waals surface area contributed by atoms with E-state index in [9.17, 15) is 5.11 Å². The molecule has 1 rings (SSSR count). The minimum Gasteiger partial charge on any atom is -0.508 e. The van der Waals surface area contributed by atoms with Crippen LogP contribution in [0.1, 0.15) is 19.4 Å². The topological polar surface area (TPSA) is 52.5 Å². The zero-order valence-corrected chi connectivity index (χ0v) is 9.04. The summed E-state index contributed by atoms with van der Waals surface area (Å²) in [5.74, 6) is 0.276. The molecule has 0 aliphatic rings. The van der Waals surface area contributed by atoms with Gasteiger partial charge in [-0.2, -0.15) is 0 Å². The van der Waals surface area contributed by atoms with Gasteiger partial charge in [0.25, 0.3) is 0 Å². The van der Waals surface area contributed by atoms with Crippen LogP contribution < -0.4 is 5.32 Å². The highest BCUT2D eigenvalue weighted by atomic mass is 16.3. The van der Waals surface area contributed by atoms with E-state index in [1.807, 2.05) is 32.9 Å². The number of hydrogen-bond acceptors (Lipinski definition) is 3. The Balaban J connectivity index is 0.000000791. The Hall–Kier alpha value is -1.22. The third kappa shape index (κ3) is 4.14. The second kappa shape index (κ2) is 7.21. The molecule has 1 aromatic carbocycles. The van der Waals surface area contributed by atoms with E-state index in [4.69, 9.17) is 5.11 Å². The van der Waals surface area contributed by atoms with E-state index in [1.54, 1.807) is 6.07 Å². The Morgan fingerprint density at radius 3 is 2.43 bits per heavy atom. The molecule has 0 amide bonds. The Bertz CT molecular complexity index is 261. The van der Waals surface area contributed by atoms with Crippen molar-refractivity contribution in [1.82, 2.24) is 0 Å². The number of hydrogen-bond donors (Lipinski definition) is 3. The van der Waals surface area contributed by atoms with Crippen molar-refractivity contribution in [1.29, 1.82) is 0 Å². The van der Waals surface area contributed by atoms with E-state index in [0.717, 1.165) is 11.3 Å². The molecule has 0 saturated carbocycles. The largest absolute Gasteiger partial charge is 0.508 e. The summed E-state index contributed by atoms with van der Waals surface area (Å²) in [6, 6.07) is 5.34. The molecule has 0 saturated heterocycles. The van der Waals surface area contributed by atoms with E-state index in [1.165, 1.54) is 0 Å². The van der Waals surface area contributed by atoms with Gasteiger partial charge in [-0.1, -0.05) is 19.9 Å². The van der Waals surface area contributed by atoms with E-state index in [-0.39, 0.29) is 12.4 Å². The Kier molecular flexibility index (Phi) is 6.58. The normalized spacial score (nSPS) is 8.86. The molecule has 0 fully saturated rings. The first-order chi connectivity index (χ1) is 6.74. The van der Waals surface area contributed by atoms with Gasteiger partial charge in [-0.3, -0.25) is 0 Å². The lowest BCUT2D eigenvalue weighted by molar-refractivity contribution is 0.311. The van der Waals surface area contributed by atoms with Crippen molar-refractivity contribution in [3.63, 3.8) is 0 Å². The minimum absolute atomic E-state index is 0.0919. The molecule has 0 aliphatic heterocycles. The molecule has 0 spiro atoms. The van der Waals surface area contributed by atoms with Gasteiger partial charge in [-0.15, -0.1) is 0 Å². The number of nitrogens with one attached hydrogen (secondary N) is 1. The van der Waals surface area contributed by atoms with Crippen molar-refractivity contribution in [3.8, 4) is 5.75 Å². The second-order valence-corrected chi connectivity index (χ2v) is 2.65. The molecule has 0 aromatic heterocycles. The van der Waals surface area contributed by atoms with Crippen molar-refractivity contribution in [2.45, 2.75) is 20.8 Å². The highest BCUT2D eigenvalue weighted by molar-refractivity contribution is 5.50. The van der Waals surface area contributed by atoms with E-state index >= 15 is 0 Å². The number of aryl methyl sites for hydroxylation is 1. The summed E-state index contributed by atoms with van der Waals surface area (Å²) in [5, 5.41) is 20.8. The zero-order chi connectivity index (χ0) is 11.0. The average Bonchev–Trinajstić information content (AvgIpc) is 2.23. The summed E-state index contributed by atoms with van der Waals surface area (Å²) < 4.78 is 0. The number of aromatic hydroxyl groups is 1. The van der Waals surface area contributed by atoms with Crippen LogP contribution in [0.4, 0.5) is 5.69 Å². The number of anilines is 1. The van der Waals surface area contributed by atoms with Gasteiger partial charge in [0.15, 0.2) is 0 Å². The Labute approximate surface area is 85.4 Å². The summed E-state index contributed by atoms with van der Waals surface area (Å²) in [6.45, 7) is 6.43. The van der Waals surface area contributed by atoms with Crippen LogP contribution in [-0.4, -0.2) is 23.4 Å². The minimum atomic E-state index is 0.0919. The summed E-state index contributed by atoms with van der Waals surface area (Å²) in [7, 11) is 0. The number of phenolic OH excluding ortho intramolecular Hbond substituents is 1. The van der Waals surface area contributed by atoms with Crippen molar-refractivity contribution in [2.75, 3.05) is 18.5 Å². The summed E-state index contributed by atoms with van der Waals surface area (Å²) in [5.41, 5.74) is 1.68. The van der Waals surface area contributed by atoms with Crippen LogP contribution in [-0.2, 0) is 0 Å². The van der Waals surface area contributed by atoms with Gasteiger partial charge in [-0.05, 0) is 18.6 Å². The summed E-state index contributed by atoms with van der Waals surface area (Å²) >= 11 is 0. The highest BCUT2D eigenvalue weighted by Gasteiger charge is 1.96. The van der Waals surface area contributed by atoms with E-state index in [2.05, 4.69) is 5.32 Å². The fraction of sp³-hybridized carbons (Fsp3) is 0.455. The summed E-state index contributed by atoms with van der Waals surface area (Å²) in [6.07, 6.45) is 0. The first kappa shape index (κ1) is 12.8. The molecule has 3 heteroatoms. The predicted octanol–water partition coefficient (Wildman–Crippen LogP) is 2.13. The van der Waals surface area contributed by atoms with Gasteiger partial charge in [0.1, 0.15) is 5.75 Å². The number of aliphatic hydroxyl groups is 1. The maximum Gasteiger partial charge on any atom is 0.120 e. The van der Waals surface area contributed by atoms with Gasteiger partial charge >= 0.3 is 0 Å². The fourth-order valence-electron chi connectivity index (χ4n) is 0.920. The van der Waals surface area contributed by atoms with Crippen LogP contribution in [0.5, 0.6) is 5.75 Å². The summed E-state index contributed by atoms with van der Waals surface area (Å²) in [4.78, 5) is 0. The molecule has 1 aromatic rings. The molecule has 3 nitrogen and oxygen atoms in total. The van der Waals surface area contributed by atoms with Crippen LogP contribution in [0, 0.1) is 6.92 Å². The maximum atomic E-state index is 9.30. The Morgan fingerprint density at radius 1 is 1.29 bits per heavy atom. The van der Waals surface area contributed by atoms with Gasteiger partial charge in [-0.25, -0.2) is 0 Å². The van der Waals surface area contributed by atoms with Crippen LogP contribution >= 0.6 is 0 Å². The van der Waals surface area contributed by atoms with Crippen molar-refractivity contribution in [2.24, 2.45) is 0 Å². The number of rotatable bonds is 3. The van der Waals surface area contributed by atoms with Gasteiger partial charge < -0.3 is 15.5 Å². The lowest BCUT2D eigenvalue weighted by Crippen LogP contribution is -2.04. The lowest BCUT2D eigenvalue weighted by atomic mass is 10.2. The standard InChI is InChI=1S/C9H13NO2.C2H6/c1-7-2-3-8(6-9(7)12)10-4-5-11;1-2/h2-3,6,10-12H,4-5H2,1H3;1-2H3. The van der Waals surface area contributed by atoms with E-state index in [0.29, 0.717) is 6.54 Å². The first-order valence-electron chi connectivity index (χ1n) is 4.88. The second-order valence-electron chi connectivity index (χ2n) is 2.65. The third-order valence-corrected chi connectivity index (χ3v) is 1.65. The monoisotopic (exact) mass is 197 g/mol. The number of phenols is 1. The molecule has 3 N–H and O–H groups in total. The molecule has 14 heavy (non-hydrogen) atoms. The molecular formula is C11H19NO2. The number of aliphatic hydroxyl groups excluding tert-OH is 1. The van der Waals surface area contributed by atoms with Crippen LogP contribution in [0.3, 0.4) is 0 Å². The van der Waals surface area contributed by atoms with Crippen LogP contribution in [0.15, 0.2) is 18.2 Å². The van der Waals surface area contributed by atoms with Crippen LogP contribution in [0.25, 0.3) is 0 Å². The molecule has 0 bridgehead atoms. The molecule has 0 atom stereocenters. The molecule has 0 radical (unpaired) electrons. The highest BCUT2D eigenvalue weighted by Crippen LogP contribution is 2.20. The predicted molar refractivity (Wildman–Crippen MR) is 59.8 cm³/mol. The van der Waals surface area contributed by atoms with Gasteiger partial charge in [0.05, 0.1) is 6.61 Å². The average molecular weight is 197 g/mol. The quantitative estimate of drug-likeness (QED) is 0.695. The van der Waals surface area contributed by atoms with Crippen molar-refractivity contribution in [3.05, 3.63) is 23.8 Å². The third-order valence-electron chi connectivity index (χ3n) is 1.65. The van der Waals surface area contributed by atoms with Gasteiger partial charge in [0.2, 0.25) is 0 Å². The fourth-order valence-corrected chi connectivity index (χ4v) is 0.920. The smallest absolute Gasteiger partial charge is 0.120 e.